The molecule has 1 rings (SSSR count). The van der Waals surface area contributed by atoms with Gasteiger partial charge in [0.05, 0.1) is 0 Å². The molecule has 0 unspecified atom stereocenters. The standard InChI is InChI=1S/C16H27NO/c1-5-14-9-10-16(13-15(14)6-2)18-12-11-17(7-3)8-4/h9-10,13H,5-8,11-12H2,1-4H3. The fourth-order valence-electron chi connectivity index (χ4n) is 2.20. The van der Waals surface area contributed by atoms with Gasteiger partial charge in [0.15, 0.2) is 0 Å². The van der Waals surface area contributed by atoms with Crippen molar-refractivity contribution in [2.75, 3.05) is 26.2 Å². The maximum absolute atomic E-state index is 5.84. The molecule has 0 aliphatic rings. The molecule has 0 saturated carbocycles. The van der Waals surface area contributed by atoms with Gasteiger partial charge < -0.3 is 9.64 Å². The third-order valence-electron chi connectivity index (χ3n) is 3.51. The Balaban J connectivity index is 2.52. The lowest BCUT2D eigenvalue weighted by molar-refractivity contribution is 0.222. The van der Waals surface area contributed by atoms with E-state index in [9.17, 15) is 0 Å². The van der Waals surface area contributed by atoms with Crippen LogP contribution in [0.15, 0.2) is 18.2 Å². The highest BCUT2D eigenvalue weighted by Gasteiger charge is 2.03. The molecule has 18 heavy (non-hydrogen) atoms. The number of aryl methyl sites for hydroxylation is 2. The lowest BCUT2D eigenvalue weighted by Gasteiger charge is -2.18. The van der Waals surface area contributed by atoms with Gasteiger partial charge in [-0.2, -0.15) is 0 Å². The van der Waals surface area contributed by atoms with E-state index in [4.69, 9.17) is 4.74 Å². The SMILES string of the molecule is CCc1ccc(OCCN(CC)CC)cc1CC. The minimum absolute atomic E-state index is 0.774. The molecule has 0 radical (unpaired) electrons. The summed E-state index contributed by atoms with van der Waals surface area (Å²) in [5, 5.41) is 0. The first kappa shape index (κ1) is 15.0. The van der Waals surface area contributed by atoms with Crippen LogP contribution in [0.2, 0.25) is 0 Å². The zero-order chi connectivity index (χ0) is 13.4. The number of benzene rings is 1. The van der Waals surface area contributed by atoms with E-state index in [1.165, 1.54) is 11.1 Å². The van der Waals surface area contributed by atoms with Crippen LogP contribution in [-0.4, -0.2) is 31.1 Å². The molecule has 0 amide bonds. The molecule has 1 aromatic rings. The largest absolute Gasteiger partial charge is 0.492 e. The van der Waals surface area contributed by atoms with Crippen molar-refractivity contribution >= 4 is 0 Å². The van der Waals surface area contributed by atoms with E-state index in [1.54, 1.807) is 0 Å². The number of likely N-dealkylation sites (N-methyl/N-ethyl adjacent to an activating group) is 1. The quantitative estimate of drug-likeness (QED) is 0.699. The predicted octanol–water partition coefficient (Wildman–Crippen LogP) is 3.53. The molecule has 102 valence electrons. The van der Waals surface area contributed by atoms with E-state index in [0.29, 0.717) is 0 Å². The number of hydrogen-bond acceptors (Lipinski definition) is 2. The highest BCUT2D eigenvalue weighted by atomic mass is 16.5. The molecule has 0 N–H and O–H groups in total. The average Bonchev–Trinajstić information content (AvgIpc) is 2.43. The Morgan fingerprint density at radius 3 is 2.17 bits per heavy atom. The second-order valence-electron chi connectivity index (χ2n) is 4.51. The van der Waals surface area contributed by atoms with E-state index >= 15 is 0 Å². The minimum Gasteiger partial charge on any atom is -0.492 e. The van der Waals surface area contributed by atoms with Gasteiger partial charge in [-0.15, -0.1) is 0 Å². The van der Waals surface area contributed by atoms with E-state index in [2.05, 4.69) is 50.8 Å². The van der Waals surface area contributed by atoms with E-state index in [-0.39, 0.29) is 0 Å². The van der Waals surface area contributed by atoms with Crippen molar-refractivity contribution in [3.8, 4) is 5.75 Å². The van der Waals surface area contributed by atoms with Crippen LogP contribution in [0.1, 0.15) is 38.8 Å². The summed E-state index contributed by atoms with van der Waals surface area (Å²) in [4.78, 5) is 2.38. The zero-order valence-electron chi connectivity index (χ0n) is 12.3. The van der Waals surface area contributed by atoms with Crippen molar-refractivity contribution in [3.05, 3.63) is 29.3 Å². The van der Waals surface area contributed by atoms with E-state index in [1.807, 2.05) is 0 Å². The van der Waals surface area contributed by atoms with Crippen molar-refractivity contribution in [1.29, 1.82) is 0 Å². The molecule has 0 aromatic heterocycles. The van der Waals surface area contributed by atoms with E-state index in [0.717, 1.165) is 44.8 Å². The lowest BCUT2D eigenvalue weighted by atomic mass is 10.0. The second-order valence-corrected chi connectivity index (χ2v) is 4.51. The molecule has 2 nitrogen and oxygen atoms in total. The summed E-state index contributed by atoms with van der Waals surface area (Å²) in [6, 6.07) is 6.49. The van der Waals surface area contributed by atoms with Gasteiger partial charge in [-0.3, -0.25) is 0 Å². The van der Waals surface area contributed by atoms with Crippen LogP contribution in [0.25, 0.3) is 0 Å². The molecule has 2 heteroatoms. The first-order valence-electron chi connectivity index (χ1n) is 7.22. The van der Waals surface area contributed by atoms with Crippen LogP contribution < -0.4 is 4.74 Å². The van der Waals surface area contributed by atoms with Crippen molar-refractivity contribution in [1.82, 2.24) is 4.90 Å². The fourth-order valence-corrected chi connectivity index (χ4v) is 2.20. The smallest absolute Gasteiger partial charge is 0.119 e. The Bertz CT molecular complexity index is 345. The molecular formula is C16H27NO. The van der Waals surface area contributed by atoms with Crippen LogP contribution in [0.4, 0.5) is 0 Å². The van der Waals surface area contributed by atoms with Gasteiger partial charge in [0.2, 0.25) is 0 Å². The Labute approximate surface area is 112 Å². The topological polar surface area (TPSA) is 12.5 Å². The Kier molecular flexibility index (Phi) is 6.81. The number of nitrogens with zero attached hydrogens (tertiary/aromatic N) is 1. The molecule has 0 aliphatic heterocycles. The van der Waals surface area contributed by atoms with Crippen molar-refractivity contribution < 1.29 is 4.74 Å². The third-order valence-corrected chi connectivity index (χ3v) is 3.51. The molecule has 0 saturated heterocycles. The summed E-state index contributed by atoms with van der Waals surface area (Å²) in [5.74, 6) is 1.01. The van der Waals surface area contributed by atoms with Crippen LogP contribution in [0, 0.1) is 0 Å². The normalized spacial score (nSPS) is 10.9. The Morgan fingerprint density at radius 1 is 0.944 bits per heavy atom. The molecular weight excluding hydrogens is 222 g/mol. The first-order valence-corrected chi connectivity index (χ1v) is 7.22. The van der Waals surface area contributed by atoms with Crippen molar-refractivity contribution in [2.24, 2.45) is 0 Å². The molecule has 0 atom stereocenters. The van der Waals surface area contributed by atoms with Crippen LogP contribution >= 0.6 is 0 Å². The molecule has 0 bridgehead atoms. The zero-order valence-corrected chi connectivity index (χ0v) is 12.3. The van der Waals surface area contributed by atoms with Crippen LogP contribution in [-0.2, 0) is 12.8 Å². The summed E-state index contributed by atoms with van der Waals surface area (Å²) in [7, 11) is 0. The number of hydrogen-bond donors (Lipinski definition) is 0. The summed E-state index contributed by atoms with van der Waals surface area (Å²) >= 11 is 0. The number of ether oxygens (including phenoxy) is 1. The second kappa shape index (κ2) is 8.15. The average molecular weight is 249 g/mol. The van der Waals surface area contributed by atoms with Gasteiger partial charge in [-0.05, 0) is 49.2 Å². The summed E-state index contributed by atoms with van der Waals surface area (Å²) in [6.07, 6.45) is 2.18. The highest BCUT2D eigenvalue weighted by Crippen LogP contribution is 2.19. The summed E-state index contributed by atoms with van der Waals surface area (Å²) in [6.45, 7) is 12.7. The maximum atomic E-state index is 5.84. The van der Waals surface area contributed by atoms with Gasteiger partial charge in [0.25, 0.3) is 0 Å². The van der Waals surface area contributed by atoms with Gasteiger partial charge in [0, 0.05) is 6.54 Å². The first-order chi connectivity index (χ1) is 8.74. The van der Waals surface area contributed by atoms with Gasteiger partial charge >= 0.3 is 0 Å². The van der Waals surface area contributed by atoms with Crippen LogP contribution in [0.5, 0.6) is 5.75 Å². The highest BCUT2D eigenvalue weighted by molar-refractivity contribution is 5.35. The summed E-state index contributed by atoms with van der Waals surface area (Å²) < 4.78 is 5.84. The Hall–Kier alpha value is -1.02. The minimum atomic E-state index is 0.774. The summed E-state index contributed by atoms with van der Waals surface area (Å²) in [5.41, 5.74) is 2.85. The van der Waals surface area contributed by atoms with Crippen molar-refractivity contribution in [2.45, 2.75) is 40.5 Å². The molecule has 1 aromatic carbocycles. The number of rotatable bonds is 8. The van der Waals surface area contributed by atoms with Gasteiger partial charge in [-0.25, -0.2) is 0 Å². The third kappa shape index (κ3) is 4.34. The van der Waals surface area contributed by atoms with E-state index < -0.39 is 0 Å². The Morgan fingerprint density at radius 2 is 1.61 bits per heavy atom. The van der Waals surface area contributed by atoms with Crippen molar-refractivity contribution in [3.63, 3.8) is 0 Å². The molecule has 0 heterocycles. The molecule has 0 fully saturated rings. The molecule has 0 spiro atoms. The molecule has 0 aliphatic carbocycles. The fraction of sp³-hybridized carbons (Fsp3) is 0.625. The van der Waals surface area contributed by atoms with Gasteiger partial charge in [-0.1, -0.05) is 33.8 Å². The monoisotopic (exact) mass is 249 g/mol. The van der Waals surface area contributed by atoms with Crippen LogP contribution in [0.3, 0.4) is 0 Å². The lowest BCUT2D eigenvalue weighted by Crippen LogP contribution is -2.27. The maximum Gasteiger partial charge on any atom is 0.119 e. The van der Waals surface area contributed by atoms with Gasteiger partial charge in [0.1, 0.15) is 12.4 Å². The predicted molar refractivity (Wildman–Crippen MR) is 78.5 cm³/mol.